The zero-order valence-electron chi connectivity index (χ0n) is 14.9. The number of hydrogen-bond donors (Lipinski definition) is 0. The van der Waals surface area contributed by atoms with Gasteiger partial charge in [-0.1, -0.05) is 11.6 Å². The number of fused-ring (bicyclic) bond motifs is 1. The van der Waals surface area contributed by atoms with Crippen LogP contribution in [0.1, 0.15) is 10.4 Å². The molecule has 7 nitrogen and oxygen atoms in total. The summed E-state index contributed by atoms with van der Waals surface area (Å²) < 4.78 is 7.93. The molecule has 0 aliphatic carbocycles. The largest absolute Gasteiger partial charge is 0.497 e. The molecule has 140 valence electrons. The van der Waals surface area contributed by atoms with Gasteiger partial charge < -0.3 is 4.74 Å². The fourth-order valence-electron chi connectivity index (χ4n) is 2.86. The second-order valence-corrected chi connectivity index (χ2v) is 6.54. The summed E-state index contributed by atoms with van der Waals surface area (Å²) in [5.41, 5.74) is 1.32. The highest BCUT2D eigenvalue weighted by Gasteiger charge is 2.14. The highest BCUT2D eigenvalue weighted by Crippen LogP contribution is 2.17. The maximum Gasteiger partial charge on any atom is 0.264 e. The van der Waals surface area contributed by atoms with Crippen molar-refractivity contribution in [3.8, 4) is 11.4 Å². The summed E-state index contributed by atoms with van der Waals surface area (Å²) in [6, 6.07) is 13.8. The molecule has 0 saturated carbocycles. The molecule has 0 bridgehead atoms. The van der Waals surface area contributed by atoms with E-state index in [0.717, 1.165) is 5.69 Å². The average Bonchev–Trinajstić information content (AvgIpc) is 3.15. The van der Waals surface area contributed by atoms with Gasteiger partial charge in [-0.15, -0.1) is 0 Å². The van der Waals surface area contributed by atoms with Gasteiger partial charge in [0.1, 0.15) is 17.5 Å². The average molecular weight is 395 g/mol. The van der Waals surface area contributed by atoms with Crippen molar-refractivity contribution in [1.82, 2.24) is 19.3 Å². The van der Waals surface area contributed by atoms with E-state index < -0.39 is 0 Å². The number of Topliss-reactive ketones (excluding diaryl/α,β-unsaturated/α-hetero) is 1. The van der Waals surface area contributed by atoms with Crippen molar-refractivity contribution in [2.24, 2.45) is 0 Å². The van der Waals surface area contributed by atoms with Crippen molar-refractivity contribution in [2.45, 2.75) is 6.54 Å². The predicted molar refractivity (Wildman–Crippen MR) is 105 cm³/mol. The van der Waals surface area contributed by atoms with Gasteiger partial charge in [0.2, 0.25) is 0 Å². The number of halogens is 1. The van der Waals surface area contributed by atoms with E-state index in [0.29, 0.717) is 27.4 Å². The Kier molecular flexibility index (Phi) is 4.67. The Bertz CT molecular complexity index is 1210. The van der Waals surface area contributed by atoms with Crippen LogP contribution in [-0.2, 0) is 6.54 Å². The van der Waals surface area contributed by atoms with Gasteiger partial charge in [0.05, 0.1) is 25.5 Å². The second kappa shape index (κ2) is 7.28. The molecular formula is C20H15ClN4O3. The van der Waals surface area contributed by atoms with Crippen LogP contribution in [0.3, 0.4) is 0 Å². The zero-order valence-corrected chi connectivity index (χ0v) is 15.6. The summed E-state index contributed by atoms with van der Waals surface area (Å²) in [6.45, 7) is -0.111. The van der Waals surface area contributed by atoms with E-state index in [1.807, 2.05) is 0 Å². The van der Waals surface area contributed by atoms with Crippen LogP contribution in [0.4, 0.5) is 0 Å². The van der Waals surface area contributed by atoms with Gasteiger partial charge in [-0.05, 0) is 48.5 Å². The maximum absolute atomic E-state index is 12.8. The number of methoxy groups -OCH3 is 1. The minimum atomic E-state index is -0.327. The molecule has 0 atom stereocenters. The molecule has 2 aromatic carbocycles. The quantitative estimate of drug-likeness (QED) is 0.486. The number of ketones is 1. The molecule has 0 saturated heterocycles. The van der Waals surface area contributed by atoms with E-state index in [1.54, 1.807) is 60.3 Å². The molecule has 2 heterocycles. The maximum atomic E-state index is 12.8. The Morgan fingerprint density at radius 2 is 1.82 bits per heavy atom. The predicted octanol–water partition coefficient (Wildman–Crippen LogP) is 3.13. The number of carbonyl (C=O) groups excluding carboxylic acids is 1. The third-order valence-corrected chi connectivity index (χ3v) is 4.60. The summed E-state index contributed by atoms with van der Waals surface area (Å²) in [4.78, 5) is 29.6. The molecule has 4 rings (SSSR count). The van der Waals surface area contributed by atoms with Crippen molar-refractivity contribution < 1.29 is 9.53 Å². The Balaban J connectivity index is 1.65. The molecule has 0 amide bonds. The molecule has 0 N–H and O–H groups in total. The van der Waals surface area contributed by atoms with Crippen LogP contribution in [0.25, 0.3) is 16.7 Å². The number of carbonyl (C=O) groups is 1. The summed E-state index contributed by atoms with van der Waals surface area (Å²) in [6.07, 6.45) is 2.81. The zero-order chi connectivity index (χ0) is 19.7. The topological polar surface area (TPSA) is 79.0 Å². The summed E-state index contributed by atoms with van der Waals surface area (Å²) in [7, 11) is 1.56. The Morgan fingerprint density at radius 3 is 2.50 bits per heavy atom. The highest BCUT2D eigenvalue weighted by atomic mass is 35.5. The van der Waals surface area contributed by atoms with Crippen LogP contribution in [0, 0.1) is 0 Å². The molecule has 0 fully saturated rings. The van der Waals surface area contributed by atoms with E-state index >= 15 is 0 Å². The van der Waals surface area contributed by atoms with Crippen LogP contribution in [0.5, 0.6) is 5.75 Å². The molecule has 0 unspecified atom stereocenters. The number of nitrogens with zero attached hydrogens (tertiary/aromatic N) is 4. The van der Waals surface area contributed by atoms with Crippen molar-refractivity contribution in [3.05, 3.63) is 82.0 Å². The van der Waals surface area contributed by atoms with Gasteiger partial charge in [-0.2, -0.15) is 5.10 Å². The number of aromatic nitrogens is 4. The molecule has 2 aromatic heterocycles. The number of hydrogen-bond acceptors (Lipinski definition) is 5. The minimum Gasteiger partial charge on any atom is -0.497 e. The smallest absolute Gasteiger partial charge is 0.264 e. The summed E-state index contributed by atoms with van der Waals surface area (Å²) >= 11 is 5.92. The van der Waals surface area contributed by atoms with Gasteiger partial charge >= 0.3 is 0 Å². The van der Waals surface area contributed by atoms with Gasteiger partial charge in [0, 0.05) is 10.6 Å². The van der Waals surface area contributed by atoms with E-state index in [1.165, 1.54) is 17.1 Å². The van der Waals surface area contributed by atoms with E-state index in [-0.39, 0.29) is 17.9 Å². The fraction of sp³-hybridized carbons (Fsp3) is 0.100. The first-order chi connectivity index (χ1) is 13.6. The Morgan fingerprint density at radius 1 is 1.11 bits per heavy atom. The molecule has 0 spiro atoms. The first-order valence-electron chi connectivity index (χ1n) is 8.43. The van der Waals surface area contributed by atoms with E-state index in [4.69, 9.17) is 16.3 Å². The molecule has 28 heavy (non-hydrogen) atoms. The lowest BCUT2D eigenvalue weighted by Crippen LogP contribution is -2.24. The Hall–Kier alpha value is -3.45. The second-order valence-electron chi connectivity index (χ2n) is 6.10. The van der Waals surface area contributed by atoms with Crippen molar-refractivity contribution in [1.29, 1.82) is 0 Å². The summed E-state index contributed by atoms with van der Waals surface area (Å²) in [5, 5.41) is 5.19. The normalized spacial score (nSPS) is 10.9. The summed E-state index contributed by atoms with van der Waals surface area (Å²) in [5.74, 6) is 0.461. The minimum absolute atomic E-state index is 0.111. The van der Waals surface area contributed by atoms with Crippen molar-refractivity contribution in [3.63, 3.8) is 0 Å². The molecule has 0 radical (unpaired) electrons. The third kappa shape index (κ3) is 3.27. The van der Waals surface area contributed by atoms with Gasteiger partial charge in [0.25, 0.3) is 5.56 Å². The van der Waals surface area contributed by atoms with Crippen LogP contribution >= 0.6 is 11.6 Å². The molecular weight excluding hydrogens is 380 g/mol. The van der Waals surface area contributed by atoms with E-state index in [2.05, 4.69) is 10.1 Å². The Labute approximate surface area is 164 Å². The lowest BCUT2D eigenvalue weighted by Gasteiger charge is -2.07. The third-order valence-electron chi connectivity index (χ3n) is 4.35. The lowest BCUT2D eigenvalue weighted by molar-refractivity contribution is 0.0970. The van der Waals surface area contributed by atoms with E-state index in [9.17, 15) is 9.59 Å². The van der Waals surface area contributed by atoms with Crippen LogP contribution in [-0.4, -0.2) is 32.2 Å². The molecule has 4 aromatic rings. The lowest BCUT2D eigenvalue weighted by atomic mass is 10.1. The molecule has 8 heteroatoms. The first-order valence-corrected chi connectivity index (χ1v) is 8.81. The first kappa shape index (κ1) is 17.9. The van der Waals surface area contributed by atoms with Gasteiger partial charge in [-0.3, -0.25) is 14.2 Å². The number of ether oxygens (including phenoxy) is 1. The van der Waals surface area contributed by atoms with Crippen molar-refractivity contribution >= 4 is 28.4 Å². The monoisotopic (exact) mass is 394 g/mol. The fourth-order valence-corrected chi connectivity index (χ4v) is 2.98. The van der Waals surface area contributed by atoms with Gasteiger partial charge in [0.15, 0.2) is 11.4 Å². The van der Waals surface area contributed by atoms with Crippen LogP contribution in [0.15, 0.2) is 65.8 Å². The van der Waals surface area contributed by atoms with Crippen LogP contribution in [0.2, 0.25) is 5.02 Å². The standard InChI is InChI=1S/C20H15ClN4O3/c1-28-16-8-2-13(3-9-16)18(26)11-24-12-22-19-17(20(24)27)10-23-25(19)15-6-4-14(21)5-7-15/h2-10,12H,11H2,1H3. The number of benzene rings is 2. The number of rotatable bonds is 5. The molecule has 0 aliphatic rings. The van der Waals surface area contributed by atoms with Gasteiger partial charge in [-0.25, -0.2) is 9.67 Å². The van der Waals surface area contributed by atoms with Crippen LogP contribution < -0.4 is 10.3 Å². The SMILES string of the molecule is COc1ccc(C(=O)Cn2cnc3c(cnn3-c3ccc(Cl)cc3)c2=O)cc1. The highest BCUT2D eigenvalue weighted by molar-refractivity contribution is 6.30. The van der Waals surface area contributed by atoms with Crippen molar-refractivity contribution in [2.75, 3.05) is 7.11 Å². The molecule has 0 aliphatic heterocycles.